The van der Waals surface area contributed by atoms with Crippen LogP contribution in [-0.4, -0.2) is 27.9 Å². The van der Waals surface area contributed by atoms with Gasteiger partial charge in [-0.25, -0.2) is 4.98 Å². The summed E-state index contributed by atoms with van der Waals surface area (Å²) in [4.78, 5) is 4.50. The van der Waals surface area contributed by atoms with Crippen molar-refractivity contribution in [2.45, 2.75) is 65.8 Å². The molecule has 4 heteroatoms. The fourth-order valence-corrected chi connectivity index (χ4v) is 3.46. The molecule has 1 heterocycles. The number of rotatable bonds is 8. The Bertz CT molecular complexity index is 399. The van der Waals surface area contributed by atoms with Gasteiger partial charge in [-0.05, 0) is 50.1 Å². The predicted octanol–water partition coefficient (Wildman–Crippen LogP) is 3.28. The van der Waals surface area contributed by atoms with Crippen molar-refractivity contribution in [3.05, 3.63) is 12.2 Å². The minimum Gasteiger partial charge on any atom is -0.316 e. The molecule has 1 aromatic rings. The van der Waals surface area contributed by atoms with Gasteiger partial charge in [-0.2, -0.15) is 5.10 Å². The van der Waals surface area contributed by atoms with E-state index in [4.69, 9.17) is 0 Å². The van der Waals surface area contributed by atoms with Crippen LogP contribution in [-0.2, 0) is 13.0 Å². The standard InChI is InChI=1S/C17H32N4/c1-4-9-21-17(19-13-20-21)10-15-7-5-6-8-16(15)12-18-11-14(2)3/h13-16,18H,4-12H2,1-3H3. The van der Waals surface area contributed by atoms with Gasteiger partial charge in [0.15, 0.2) is 0 Å². The van der Waals surface area contributed by atoms with Gasteiger partial charge < -0.3 is 5.32 Å². The summed E-state index contributed by atoms with van der Waals surface area (Å²) in [6.07, 6.45) is 9.46. The molecule has 1 saturated carbocycles. The van der Waals surface area contributed by atoms with E-state index in [1.165, 1.54) is 38.1 Å². The van der Waals surface area contributed by atoms with Crippen molar-refractivity contribution in [3.63, 3.8) is 0 Å². The summed E-state index contributed by atoms with van der Waals surface area (Å²) in [7, 11) is 0. The van der Waals surface area contributed by atoms with E-state index in [2.05, 4.69) is 40.9 Å². The highest BCUT2D eigenvalue weighted by molar-refractivity contribution is 4.91. The second kappa shape index (κ2) is 8.52. The molecule has 1 aliphatic carbocycles. The second-order valence-electron chi connectivity index (χ2n) is 6.96. The first-order chi connectivity index (χ1) is 10.2. The third kappa shape index (κ3) is 5.10. The quantitative estimate of drug-likeness (QED) is 0.799. The first-order valence-corrected chi connectivity index (χ1v) is 8.78. The molecule has 4 nitrogen and oxygen atoms in total. The van der Waals surface area contributed by atoms with Gasteiger partial charge in [0.25, 0.3) is 0 Å². The predicted molar refractivity (Wildman–Crippen MR) is 87.2 cm³/mol. The van der Waals surface area contributed by atoms with Gasteiger partial charge in [0.1, 0.15) is 12.2 Å². The number of aryl methyl sites for hydroxylation is 1. The molecule has 2 atom stereocenters. The van der Waals surface area contributed by atoms with Crippen LogP contribution < -0.4 is 5.32 Å². The van der Waals surface area contributed by atoms with Crippen LogP contribution in [0.5, 0.6) is 0 Å². The van der Waals surface area contributed by atoms with Crippen LogP contribution in [0.4, 0.5) is 0 Å². The van der Waals surface area contributed by atoms with E-state index in [-0.39, 0.29) is 0 Å². The van der Waals surface area contributed by atoms with Crippen LogP contribution >= 0.6 is 0 Å². The summed E-state index contributed by atoms with van der Waals surface area (Å²) in [6, 6.07) is 0. The van der Waals surface area contributed by atoms with Crippen LogP contribution in [0, 0.1) is 17.8 Å². The lowest BCUT2D eigenvalue weighted by atomic mass is 9.77. The summed E-state index contributed by atoms with van der Waals surface area (Å²) < 4.78 is 2.10. The molecule has 0 aliphatic heterocycles. The number of nitrogens with zero attached hydrogens (tertiary/aromatic N) is 3. The van der Waals surface area contributed by atoms with Gasteiger partial charge in [-0.1, -0.05) is 33.6 Å². The second-order valence-corrected chi connectivity index (χ2v) is 6.96. The van der Waals surface area contributed by atoms with E-state index in [0.717, 1.165) is 43.7 Å². The average molecular weight is 292 g/mol. The molecule has 1 aromatic heterocycles. The maximum atomic E-state index is 4.50. The average Bonchev–Trinajstić information content (AvgIpc) is 2.88. The van der Waals surface area contributed by atoms with Crippen molar-refractivity contribution in [1.29, 1.82) is 0 Å². The fourth-order valence-electron chi connectivity index (χ4n) is 3.46. The molecule has 2 rings (SSSR count). The molecular weight excluding hydrogens is 260 g/mol. The van der Waals surface area contributed by atoms with Gasteiger partial charge in [-0.15, -0.1) is 0 Å². The maximum absolute atomic E-state index is 4.50. The lowest BCUT2D eigenvalue weighted by Gasteiger charge is -2.32. The normalized spacial score (nSPS) is 22.9. The monoisotopic (exact) mass is 292 g/mol. The van der Waals surface area contributed by atoms with Crippen LogP contribution in [0.1, 0.15) is 58.7 Å². The molecule has 0 saturated heterocycles. The van der Waals surface area contributed by atoms with E-state index in [0.29, 0.717) is 0 Å². The van der Waals surface area contributed by atoms with Gasteiger partial charge >= 0.3 is 0 Å². The number of aromatic nitrogens is 3. The van der Waals surface area contributed by atoms with E-state index >= 15 is 0 Å². The number of hydrogen-bond acceptors (Lipinski definition) is 3. The van der Waals surface area contributed by atoms with Crippen LogP contribution in [0.2, 0.25) is 0 Å². The number of hydrogen-bond donors (Lipinski definition) is 1. The Morgan fingerprint density at radius 1 is 1.29 bits per heavy atom. The topological polar surface area (TPSA) is 42.7 Å². The summed E-state index contributed by atoms with van der Waals surface area (Å²) in [6.45, 7) is 10.1. The van der Waals surface area contributed by atoms with Gasteiger partial charge in [0.2, 0.25) is 0 Å². The zero-order valence-corrected chi connectivity index (χ0v) is 14.0. The minimum absolute atomic E-state index is 0.736. The SMILES string of the molecule is CCCn1ncnc1CC1CCCCC1CNCC(C)C. The van der Waals surface area contributed by atoms with E-state index in [9.17, 15) is 0 Å². The highest BCUT2D eigenvalue weighted by Crippen LogP contribution is 2.31. The van der Waals surface area contributed by atoms with Crippen molar-refractivity contribution in [3.8, 4) is 0 Å². The summed E-state index contributed by atoms with van der Waals surface area (Å²) in [5, 5.41) is 8.03. The zero-order valence-electron chi connectivity index (χ0n) is 14.0. The molecule has 1 N–H and O–H groups in total. The molecule has 0 aromatic carbocycles. The molecule has 0 bridgehead atoms. The Balaban J connectivity index is 1.90. The van der Waals surface area contributed by atoms with Gasteiger partial charge in [-0.3, -0.25) is 4.68 Å². The van der Waals surface area contributed by atoms with Crippen molar-refractivity contribution in [2.75, 3.05) is 13.1 Å². The van der Waals surface area contributed by atoms with Crippen LogP contribution in [0.3, 0.4) is 0 Å². The summed E-state index contributed by atoms with van der Waals surface area (Å²) in [5.41, 5.74) is 0. The fraction of sp³-hybridized carbons (Fsp3) is 0.882. The van der Waals surface area contributed by atoms with E-state index in [1.807, 2.05) is 0 Å². The molecule has 2 unspecified atom stereocenters. The molecule has 0 radical (unpaired) electrons. The Hall–Kier alpha value is -0.900. The highest BCUT2D eigenvalue weighted by atomic mass is 15.3. The van der Waals surface area contributed by atoms with Crippen molar-refractivity contribution in [2.24, 2.45) is 17.8 Å². The summed E-state index contributed by atoms with van der Waals surface area (Å²) in [5.74, 6) is 3.51. The lowest BCUT2D eigenvalue weighted by Crippen LogP contribution is -2.33. The Labute approximate surface area is 129 Å². The third-order valence-corrected chi connectivity index (χ3v) is 4.60. The van der Waals surface area contributed by atoms with Crippen molar-refractivity contribution < 1.29 is 0 Å². The van der Waals surface area contributed by atoms with Gasteiger partial charge in [0.05, 0.1) is 0 Å². The number of nitrogens with one attached hydrogen (secondary N) is 1. The minimum atomic E-state index is 0.736. The molecule has 1 aliphatic rings. The molecule has 120 valence electrons. The molecule has 0 amide bonds. The molecule has 21 heavy (non-hydrogen) atoms. The molecular formula is C17H32N4. The Kier molecular flexibility index (Phi) is 6.68. The maximum Gasteiger partial charge on any atom is 0.138 e. The van der Waals surface area contributed by atoms with E-state index < -0.39 is 0 Å². The third-order valence-electron chi connectivity index (χ3n) is 4.60. The smallest absolute Gasteiger partial charge is 0.138 e. The van der Waals surface area contributed by atoms with Crippen molar-refractivity contribution in [1.82, 2.24) is 20.1 Å². The first-order valence-electron chi connectivity index (χ1n) is 8.78. The largest absolute Gasteiger partial charge is 0.316 e. The Morgan fingerprint density at radius 3 is 2.76 bits per heavy atom. The van der Waals surface area contributed by atoms with Gasteiger partial charge in [0, 0.05) is 13.0 Å². The Morgan fingerprint density at radius 2 is 2.05 bits per heavy atom. The first kappa shape index (κ1) is 16.5. The van der Waals surface area contributed by atoms with Crippen molar-refractivity contribution >= 4 is 0 Å². The molecule has 1 fully saturated rings. The lowest BCUT2D eigenvalue weighted by molar-refractivity contribution is 0.221. The summed E-state index contributed by atoms with van der Waals surface area (Å²) >= 11 is 0. The van der Waals surface area contributed by atoms with Crippen LogP contribution in [0.15, 0.2) is 6.33 Å². The van der Waals surface area contributed by atoms with E-state index in [1.54, 1.807) is 6.33 Å². The molecule has 0 spiro atoms. The van der Waals surface area contributed by atoms with Crippen LogP contribution in [0.25, 0.3) is 0 Å². The highest BCUT2D eigenvalue weighted by Gasteiger charge is 2.26. The zero-order chi connectivity index (χ0) is 15.1.